The molecule has 1 atom stereocenters. The molecule has 0 unspecified atom stereocenters. The van der Waals surface area contributed by atoms with E-state index in [4.69, 9.17) is 0 Å². The summed E-state index contributed by atoms with van der Waals surface area (Å²) in [6.07, 6.45) is 0. The van der Waals surface area contributed by atoms with E-state index in [1.165, 1.54) is 5.56 Å². The second-order valence-corrected chi connectivity index (χ2v) is 8.18. The summed E-state index contributed by atoms with van der Waals surface area (Å²) in [4.78, 5) is 2.64. The smallest absolute Gasteiger partial charge is 0.253 e. The highest BCUT2D eigenvalue weighted by molar-refractivity contribution is 7.89. The van der Waals surface area contributed by atoms with E-state index in [9.17, 15) is 8.42 Å². The Balaban J connectivity index is 1.82. The first-order valence-corrected chi connectivity index (χ1v) is 9.98. The zero-order valence-electron chi connectivity index (χ0n) is 15.0. The van der Waals surface area contributed by atoms with Gasteiger partial charge in [0.1, 0.15) is 0 Å². The third-order valence-electron chi connectivity index (χ3n) is 4.20. The number of benzene rings is 2. The van der Waals surface area contributed by atoms with Gasteiger partial charge >= 0.3 is 0 Å². The molecule has 2 rings (SSSR count). The van der Waals surface area contributed by atoms with Crippen LogP contribution in [0.4, 0.5) is 0 Å². The number of hydrogen-bond donors (Lipinski definition) is 3. The number of nitrogens with one attached hydrogen (secondary N) is 3. The fraction of sp³-hybridized carbons (Fsp3) is 0.368. The molecule has 0 radical (unpaired) electrons. The van der Waals surface area contributed by atoms with Gasteiger partial charge in [-0.15, -0.1) is 4.83 Å². The van der Waals surface area contributed by atoms with Crippen molar-refractivity contribution in [1.82, 2.24) is 15.6 Å². The van der Waals surface area contributed by atoms with E-state index >= 15 is 0 Å². The van der Waals surface area contributed by atoms with Crippen LogP contribution in [0.15, 0.2) is 59.5 Å². The van der Waals surface area contributed by atoms with Gasteiger partial charge in [-0.1, -0.05) is 56.3 Å². The predicted octanol–water partition coefficient (Wildman–Crippen LogP) is 2.80. The Kier molecular flexibility index (Phi) is 7.13. The van der Waals surface area contributed by atoms with Gasteiger partial charge in [0.15, 0.2) is 0 Å². The van der Waals surface area contributed by atoms with Crippen molar-refractivity contribution in [3.63, 3.8) is 0 Å². The van der Waals surface area contributed by atoms with Crippen molar-refractivity contribution in [1.29, 1.82) is 0 Å². The summed E-state index contributed by atoms with van der Waals surface area (Å²) >= 11 is 0. The van der Waals surface area contributed by atoms with E-state index in [0.29, 0.717) is 18.5 Å². The summed E-state index contributed by atoms with van der Waals surface area (Å²) in [5.41, 5.74) is 4.99. The van der Waals surface area contributed by atoms with E-state index in [-0.39, 0.29) is 4.90 Å². The first-order valence-electron chi connectivity index (χ1n) is 8.49. The van der Waals surface area contributed by atoms with Crippen molar-refractivity contribution >= 4 is 10.0 Å². The van der Waals surface area contributed by atoms with Gasteiger partial charge in [0.25, 0.3) is 10.0 Å². The highest BCUT2D eigenvalue weighted by atomic mass is 32.2. The van der Waals surface area contributed by atoms with Crippen LogP contribution in [0.1, 0.15) is 31.9 Å². The van der Waals surface area contributed by atoms with Crippen molar-refractivity contribution in [2.75, 3.05) is 0 Å². The zero-order chi connectivity index (χ0) is 18.3. The Morgan fingerprint density at radius 3 is 1.96 bits per heavy atom. The number of hydrogen-bond acceptors (Lipinski definition) is 4. The Hall–Kier alpha value is -1.73. The molecule has 0 aliphatic rings. The Bertz CT molecular complexity index is 744. The number of hydrazine groups is 1. The van der Waals surface area contributed by atoms with Gasteiger partial charge in [-0.25, -0.2) is 13.8 Å². The maximum Gasteiger partial charge on any atom is 0.253 e. The van der Waals surface area contributed by atoms with E-state index in [2.05, 4.69) is 48.5 Å². The summed E-state index contributed by atoms with van der Waals surface area (Å²) < 4.78 is 24.2. The molecule has 0 saturated heterocycles. The molecule has 2 aromatic rings. The molecule has 25 heavy (non-hydrogen) atoms. The predicted molar refractivity (Wildman–Crippen MR) is 101 cm³/mol. The average Bonchev–Trinajstić information content (AvgIpc) is 2.61. The van der Waals surface area contributed by atoms with Crippen LogP contribution in [0.25, 0.3) is 0 Å². The molecule has 0 aromatic heterocycles. The van der Waals surface area contributed by atoms with Crippen molar-refractivity contribution in [2.24, 2.45) is 5.92 Å². The summed E-state index contributed by atoms with van der Waals surface area (Å²) in [7, 11) is -3.54. The monoisotopic (exact) mass is 361 g/mol. The molecule has 2 aromatic carbocycles. The molecule has 0 amide bonds. The maximum atomic E-state index is 12.1. The van der Waals surface area contributed by atoms with Crippen LogP contribution in [-0.2, 0) is 23.1 Å². The van der Waals surface area contributed by atoms with Gasteiger partial charge in [-0.3, -0.25) is 0 Å². The standard InChI is InChI=1S/C19H27N3O2S/c1-15(2)16(3)20-13-17-9-11-18(12-10-17)14-21-22-25(23,24)19-7-5-4-6-8-19/h4-12,15-16,20-22H,13-14H2,1-3H3/t16-/m0/s1. The Morgan fingerprint density at radius 2 is 1.40 bits per heavy atom. The fourth-order valence-corrected chi connectivity index (χ4v) is 3.08. The lowest BCUT2D eigenvalue weighted by molar-refractivity contribution is 0.426. The first kappa shape index (κ1) is 19.6. The van der Waals surface area contributed by atoms with E-state index in [1.54, 1.807) is 30.3 Å². The second-order valence-electron chi connectivity index (χ2n) is 6.50. The zero-order valence-corrected chi connectivity index (χ0v) is 15.8. The van der Waals surface area contributed by atoms with Gasteiger partial charge in [-0.2, -0.15) is 0 Å². The molecular weight excluding hydrogens is 334 g/mol. The number of rotatable bonds is 9. The van der Waals surface area contributed by atoms with Crippen LogP contribution in [-0.4, -0.2) is 14.5 Å². The van der Waals surface area contributed by atoms with Crippen LogP contribution >= 0.6 is 0 Å². The normalized spacial score (nSPS) is 13.1. The highest BCUT2D eigenvalue weighted by Crippen LogP contribution is 2.08. The van der Waals surface area contributed by atoms with Gasteiger partial charge in [0, 0.05) is 19.1 Å². The molecule has 0 saturated carbocycles. The van der Waals surface area contributed by atoms with Gasteiger partial charge in [0.2, 0.25) is 0 Å². The molecular formula is C19H27N3O2S. The van der Waals surface area contributed by atoms with Crippen LogP contribution in [0.3, 0.4) is 0 Å². The molecule has 0 aliphatic carbocycles. The molecule has 0 aliphatic heterocycles. The fourth-order valence-electron chi connectivity index (χ4n) is 2.18. The lowest BCUT2D eigenvalue weighted by Gasteiger charge is -2.17. The molecule has 6 heteroatoms. The highest BCUT2D eigenvalue weighted by Gasteiger charge is 2.12. The topological polar surface area (TPSA) is 70.2 Å². The van der Waals surface area contributed by atoms with E-state index in [1.807, 2.05) is 12.1 Å². The third-order valence-corrected chi connectivity index (χ3v) is 5.51. The van der Waals surface area contributed by atoms with Crippen LogP contribution < -0.4 is 15.6 Å². The third kappa shape index (κ3) is 6.25. The first-order chi connectivity index (χ1) is 11.9. The molecule has 5 nitrogen and oxygen atoms in total. The lowest BCUT2D eigenvalue weighted by atomic mass is 10.1. The average molecular weight is 362 g/mol. The number of sulfonamides is 1. The minimum Gasteiger partial charge on any atom is -0.310 e. The largest absolute Gasteiger partial charge is 0.310 e. The summed E-state index contributed by atoms with van der Waals surface area (Å²) in [6.45, 7) is 7.82. The van der Waals surface area contributed by atoms with Crippen LogP contribution in [0.5, 0.6) is 0 Å². The summed E-state index contributed by atoms with van der Waals surface area (Å²) in [5, 5.41) is 3.49. The quantitative estimate of drug-likeness (QED) is 0.601. The Morgan fingerprint density at radius 1 is 0.840 bits per heavy atom. The van der Waals surface area contributed by atoms with Crippen molar-refractivity contribution in [3.8, 4) is 0 Å². The van der Waals surface area contributed by atoms with Crippen molar-refractivity contribution < 1.29 is 8.42 Å². The van der Waals surface area contributed by atoms with E-state index < -0.39 is 10.0 Å². The molecule has 0 spiro atoms. The summed E-state index contributed by atoms with van der Waals surface area (Å²) in [6, 6.07) is 16.9. The van der Waals surface area contributed by atoms with Crippen molar-refractivity contribution in [3.05, 3.63) is 65.7 Å². The minimum atomic E-state index is -3.54. The SMILES string of the molecule is CC(C)[C@H](C)NCc1ccc(CNNS(=O)(=O)c2ccccc2)cc1. The molecule has 3 N–H and O–H groups in total. The van der Waals surface area contributed by atoms with Gasteiger partial charge in [0.05, 0.1) is 4.90 Å². The van der Waals surface area contributed by atoms with Gasteiger partial charge < -0.3 is 5.32 Å². The minimum absolute atomic E-state index is 0.239. The molecule has 0 bridgehead atoms. The van der Waals surface area contributed by atoms with E-state index in [0.717, 1.165) is 12.1 Å². The molecule has 0 fully saturated rings. The van der Waals surface area contributed by atoms with Crippen LogP contribution in [0, 0.1) is 5.92 Å². The maximum absolute atomic E-state index is 12.1. The second kappa shape index (κ2) is 9.10. The lowest BCUT2D eigenvalue weighted by Crippen LogP contribution is -2.36. The molecule has 136 valence electrons. The summed E-state index contributed by atoms with van der Waals surface area (Å²) in [5.74, 6) is 0.598. The van der Waals surface area contributed by atoms with Crippen molar-refractivity contribution in [2.45, 2.75) is 44.8 Å². The van der Waals surface area contributed by atoms with Crippen LogP contribution in [0.2, 0.25) is 0 Å². The molecule has 0 heterocycles. The van der Waals surface area contributed by atoms with Gasteiger partial charge in [-0.05, 0) is 36.1 Å². The Labute approximate surface area is 150 Å².